The summed E-state index contributed by atoms with van der Waals surface area (Å²) in [4.78, 5) is 3.98. The van der Waals surface area contributed by atoms with E-state index in [0.717, 1.165) is 6.26 Å². The summed E-state index contributed by atoms with van der Waals surface area (Å²) < 4.78 is 49.0. The van der Waals surface area contributed by atoms with E-state index in [2.05, 4.69) is 15.0 Å². The van der Waals surface area contributed by atoms with Crippen LogP contribution < -0.4 is 10.0 Å². The number of sulfonamides is 1. The molecule has 120 valence electrons. The maximum absolute atomic E-state index is 12.3. The minimum atomic E-state index is -3.85. The molecule has 21 heavy (non-hydrogen) atoms. The molecule has 1 heterocycles. The number of hydrogen-bond acceptors (Lipinski definition) is 6. The number of nitrogens with one attached hydrogen (secondary N) is 2. The highest BCUT2D eigenvalue weighted by Crippen LogP contribution is 2.19. The number of pyridine rings is 1. The Hall–Kier alpha value is -1.19. The molecule has 0 fully saturated rings. The Morgan fingerprint density at radius 3 is 2.38 bits per heavy atom. The summed E-state index contributed by atoms with van der Waals surface area (Å²) in [6.45, 7) is 5.08. The van der Waals surface area contributed by atoms with Crippen LogP contribution in [0.15, 0.2) is 23.2 Å². The van der Waals surface area contributed by atoms with E-state index < -0.39 is 24.6 Å². The molecule has 2 N–H and O–H groups in total. The normalized spacial score (nSPS) is 13.1. The average molecular weight is 335 g/mol. The molecule has 0 spiro atoms. The Balaban J connectivity index is 3.04. The second-order valence-corrected chi connectivity index (χ2v) is 9.62. The van der Waals surface area contributed by atoms with Gasteiger partial charge in [0.1, 0.15) is 10.7 Å². The lowest BCUT2D eigenvalue weighted by atomic mass is 10.2. The molecule has 0 saturated carbocycles. The molecule has 0 saturated heterocycles. The van der Waals surface area contributed by atoms with Crippen LogP contribution in [0.1, 0.15) is 20.8 Å². The molecule has 1 rings (SSSR count). The largest absolute Gasteiger partial charge is 0.369 e. The average Bonchev–Trinajstić information content (AvgIpc) is 2.36. The predicted molar refractivity (Wildman–Crippen MR) is 82.5 cm³/mol. The predicted octanol–water partition coefficient (Wildman–Crippen LogP) is 0.615. The highest BCUT2D eigenvalue weighted by Gasteiger charge is 2.32. The first-order chi connectivity index (χ1) is 9.51. The van der Waals surface area contributed by atoms with Crippen molar-refractivity contribution < 1.29 is 16.8 Å². The van der Waals surface area contributed by atoms with Crippen LogP contribution in [0.2, 0.25) is 0 Å². The lowest BCUT2D eigenvalue weighted by molar-refractivity contribution is 0.537. The maximum Gasteiger partial charge on any atom is 0.244 e. The number of hydrogen-bond donors (Lipinski definition) is 2. The second-order valence-electron chi connectivity index (χ2n) is 5.24. The van der Waals surface area contributed by atoms with Gasteiger partial charge < -0.3 is 5.32 Å². The fourth-order valence-electron chi connectivity index (χ4n) is 1.39. The Bertz CT molecular complexity index is 697. The zero-order valence-electron chi connectivity index (χ0n) is 12.5. The van der Waals surface area contributed by atoms with Crippen molar-refractivity contribution in [2.75, 3.05) is 24.7 Å². The van der Waals surface area contributed by atoms with Gasteiger partial charge in [-0.05, 0) is 32.9 Å². The molecule has 9 heteroatoms. The third kappa shape index (κ3) is 4.39. The Morgan fingerprint density at radius 2 is 1.86 bits per heavy atom. The van der Waals surface area contributed by atoms with E-state index in [0.29, 0.717) is 6.54 Å². The summed E-state index contributed by atoms with van der Waals surface area (Å²) in [5.74, 6) is 0.240. The quantitative estimate of drug-likeness (QED) is 0.756. The fourth-order valence-corrected chi connectivity index (χ4v) is 3.15. The van der Waals surface area contributed by atoms with Gasteiger partial charge in [0.15, 0.2) is 9.84 Å². The monoisotopic (exact) mass is 335 g/mol. The van der Waals surface area contributed by atoms with Gasteiger partial charge in [0, 0.05) is 25.5 Å². The molecule has 0 radical (unpaired) electrons. The van der Waals surface area contributed by atoms with Crippen LogP contribution in [0.4, 0.5) is 5.82 Å². The van der Waals surface area contributed by atoms with Gasteiger partial charge in [-0.1, -0.05) is 0 Å². The molecular formula is C12H21N3O4S2. The summed E-state index contributed by atoms with van der Waals surface area (Å²) in [6.07, 6.45) is 2.56. The van der Waals surface area contributed by atoms with Crippen LogP contribution in [0.25, 0.3) is 0 Å². The first kappa shape index (κ1) is 17.9. The summed E-state index contributed by atoms with van der Waals surface area (Å²) in [7, 11) is -7.23. The van der Waals surface area contributed by atoms with E-state index in [1.54, 1.807) is 0 Å². The lowest BCUT2D eigenvalue weighted by Gasteiger charge is -2.23. The van der Waals surface area contributed by atoms with Crippen molar-refractivity contribution in [2.24, 2.45) is 0 Å². The Morgan fingerprint density at radius 1 is 1.24 bits per heavy atom. The van der Waals surface area contributed by atoms with Gasteiger partial charge >= 0.3 is 0 Å². The lowest BCUT2D eigenvalue weighted by Crippen LogP contribution is -2.43. The van der Waals surface area contributed by atoms with Crippen molar-refractivity contribution in [3.63, 3.8) is 0 Å². The molecule has 0 aromatic carbocycles. The molecule has 0 aliphatic rings. The van der Waals surface area contributed by atoms with Crippen molar-refractivity contribution in [2.45, 2.75) is 30.4 Å². The molecule has 0 unspecified atom stereocenters. The van der Waals surface area contributed by atoms with E-state index >= 15 is 0 Å². The summed E-state index contributed by atoms with van der Waals surface area (Å²) in [5.41, 5.74) is 0. The van der Waals surface area contributed by atoms with Gasteiger partial charge in [-0.3, -0.25) is 0 Å². The molecule has 0 aliphatic heterocycles. The first-order valence-corrected chi connectivity index (χ1v) is 9.77. The van der Waals surface area contributed by atoms with Crippen LogP contribution in [0.5, 0.6) is 0 Å². The number of aromatic nitrogens is 1. The van der Waals surface area contributed by atoms with Crippen LogP contribution in [-0.4, -0.2) is 45.9 Å². The number of sulfone groups is 1. The minimum absolute atomic E-state index is 0.00356. The van der Waals surface area contributed by atoms with Gasteiger partial charge in [0.2, 0.25) is 10.0 Å². The molecular weight excluding hydrogens is 314 g/mol. The first-order valence-electron chi connectivity index (χ1n) is 6.39. The van der Waals surface area contributed by atoms with Gasteiger partial charge in [0.25, 0.3) is 0 Å². The summed E-state index contributed by atoms with van der Waals surface area (Å²) >= 11 is 0. The van der Waals surface area contributed by atoms with E-state index in [1.807, 2.05) is 6.92 Å². The van der Waals surface area contributed by atoms with Crippen LogP contribution in [0, 0.1) is 0 Å². The molecule has 0 amide bonds. The van der Waals surface area contributed by atoms with Crippen LogP contribution >= 0.6 is 0 Å². The van der Waals surface area contributed by atoms with Gasteiger partial charge in [-0.25, -0.2) is 26.5 Å². The minimum Gasteiger partial charge on any atom is -0.369 e. The summed E-state index contributed by atoms with van der Waals surface area (Å²) in [6, 6.07) is 2.93. The van der Waals surface area contributed by atoms with Gasteiger partial charge in [-0.15, -0.1) is 0 Å². The van der Waals surface area contributed by atoms with E-state index in [-0.39, 0.29) is 17.3 Å². The van der Waals surface area contributed by atoms with E-state index in [4.69, 9.17) is 0 Å². The van der Waals surface area contributed by atoms with E-state index in [1.165, 1.54) is 32.2 Å². The van der Waals surface area contributed by atoms with Crippen molar-refractivity contribution >= 4 is 25.7 Å². The fraction of sp³-hybridized carbons (Fsp3) is 0.583. The number of anilines is 1. The van der Waals surface area contributed by atoms with Crippen molar-refractivity contribution in [3.8, 4) is 0 Å². The molecule has 1 aromatic rings. The Labute approximate surface area is 126 Å². The molecule has 7 nitrogen and oxygen atoms in total. The number of nitrogens with zero attached hydrogens (tertiary/aromatic N) is 1. The smallest absolute Gasteiger partial charge is 0.244 e. The molecule has 0 bridgehead atoms. The van der Waals surface area contributed by atoms with Crippen LogP contribution in [0.3, 0.4) is 0 Å². The van der Waals surface area contributed by atoms with Gasteiger partial charge in [0.05, 0.1) is 4.75 Å². The summed E-state index contributed by atoms with van der Waals surface area (Å²) in [5, 5.41) is 2.86. The highest BCUT2D eigenvalue weighted by atomic mass is 32.2. The maximum atomic E-state index is 12.3. The molecule has 1 aromatic heterocycles. The van der Waals surface area contributed by atoms with Crippen molar-refractivity contribution in [1.29, 1.82) is 0 Å². The number of rotatable bonds is 7. The SMILES string of the molecule is CCNc1ncccc1S(=O)(=O)NCC(C)(C)S(C)(=O)=O. The zero-order valence-corrected chi connectivity index (χ0v) is 14.2. The standard InChI is InChI=1S/C12H21N3O4S2/c1-5-13-11-10(7-6-8-14-11)21(18,19)15-9-12(2,3)20(4,16)17/h6-8,15H,5,9H2,1-4H3,(H,13,14). The topological polar surface area (TPSA) is 105 Å². The third-order valence-corrected chi connectivity index (χ3v) is 6.68. The van der Waals surface area contributed by atoms with E-state index in [9.17, 15) is 16.8 Å². The van der Waals surface area contributed by atoms with Gasteiger partial charge in [-0.2, -0.15) is 0 Å². The van der Waals surface area contributed by atoms with Crippen molar-refractivity contribution in [3.05, 3.63) is 18.3 Å². The van der Waals surface area contributed by atoms with Crippen LogP contribution in [-0.2, 0) is 19.9 Å². The Kier molecular flexibility index (Phi) is 5.35. The van der Waals surface area contributed by atoms with Crippen molar-refractivity contribution in [1.82, 2.24) is 9.71 Å². The molecule has 0 aliphatic carbocycles. The second kappa shape index (κ2) is 6.29. The molecule has 0 atom stereocenters. The third-order valence-electron chi connectivity index (χ3n) is 3.10. The highest BCUT2D eigenvalue weighted by molar-refractivity contribution is 7.92. The zero-order chi connectivity index (χ0) is 16.3.